The lowest BCUT2D eigenvalue weighted by atomic mass is 9.90. The smallest absolute Gasteiger partial charge is 0.261 e. The maximum Gasteiger partial charge on any atom is 0.261 e. The Morgan fingerprint density at radius 3 is 2.36 bits per heavy atom. The van der Waals surface area contributed by atoms with Crippen LogP contribution < -0.4 is 4.74 Å². The van der Waals surface area contributed by atoms with E-state index in [4.69, 9.17) is 25.8 Å². The standard InChI is InChI=1S/C23H27ClF2O7/c24-17-6-3-14(23-22(30)21(29)20(28)18(11-27)33-23)10-15(17)9-13-1-4-16(5-2-13)32-8-7-31-12-19(25)26/h1-6,10,18-23,27-30H,7-9,11-12H2/t18?,20-,21?,22-,23+/m1/s1. The molecule has 0 radical (unpaired) electrons. The van der Waals surface area contributed by atoms with E-state index in [2.05, 4.69) is 0 Å². The Balaban J connectivity index is 1.64. The zero-order valence-electron chi connectivity index (χ0n) is 17.7. The molecule has 2 aromatic carbocycles. The zero-order chi connectivity index (χ0) is 24.0. The lowest BCUT2D eigenvalue weighted by Crippen LogP contribution is -2.55. The fourth-order valence-electron chi connectivity index (χ4n) is 3.60. The molecule has 5 atom stereocenters. The molecule has 1 saturated heterocycles. The summed E-state index contributed by atoms with van der Waals surface area (Å²) in [5.41, 5.74) is 2.22. The van der Waals surface area contributed by atoms with E-state index in [1.807, 2.05) is 12.1 Å². The van der Waals surface area contributed by atoms with Gasteiger partial charge in [0.1, 0.15) is 49.5 Å². The number of halogens is 3. The minimum atomic E-state index is -2.50. The van der Waals surface area contributed by atoms with Crippen LogP contribution in [0.25, 0.3) is 0 Å². The molecule has 182 valence electrons. The van der Waals surface area contributed by atoms with Crippen LogP contribution in [0.2, 0.25) is 5.02 Å². The van der Waals surface area contributed by atoms with Gasteiger partial charge < -0.3 is 34.6 Å². The molecule has 0 aromatic heterocycles. The van der Waals surface area contributed by atoms with E-state index in [9.17, 15) is 29.2 Å². The van der Waals surface area contributed by atoms with E-state index >= 15 is 0 Å². The molecular weight excluding hydrogens is 462 g/mol. The van der Waals surface area contributed by atoms with Gasteiger partial charge in [-0.15, -0.1) is 0 Å². The number of ether oxygens (including phenoxy) is 3. The number of rotatable bonds is 10. The Labute approximate surface area is 195 Å². The number of hydrogen-bond acceptors (Lipinski definition) is 7. The largest absolute Gasteiger partial charge is 0.491 e. The second-order valence-corrected chi connectivity index (χ2v) is 8.14. The molecule has 0 spiro atoms. The normalized spacial score (nSPS) is 25.4. The maximum atomic E-state index is 12.0. The number of aliphatic hydroxyl groups is 4. The third-order valence-electron chi connectivity index (χ3n) is 5.35. The topological polar surface area (TPSA) is 109 Å². The summed E-state index contributed by atoms with van der Waals surface area (Å²) >= 11 is 6.36. The molecule has 1 aliphatic heterocycles. The molecule has 0 amide bonds. The summed E-state index contributed by atoms with van der Waals surface area (Å²) in [4.78, 5) is 0. The van der Waals surface area contributed by atoms with Gasteiger partial charge >= 0.3 is 0 Å². The maximum absolute atomic E-state index is 12.0. The van der Waals surface area contributed by atoms with Crippen LogP contribution in [-0.2, 0) is 15.9 Å². The molecule has 2 aromatic rings. The van der Waals surface area contributed by atoms with E-state index in [1.54, 1.807) is 30.3 Å². The Bertz CT molecular complexity index is 882. The van der Waals surface area contributed by atoms with Crippen molar-refractivity contribution in [2.75, 3.05) is 26.4 Å². The fraction of sp³-hybridized carbons (Fsp3) is 0.478. The van der Waals surface area contributed by atoms with Gasteiger partial charge in [0.15, 0.2) is 0 Å². The second-order valence-electron chi connectivity index (χ2n) is 7.74. The first-order valence-electron chi connectivity index (χ1n) is 10.5. The summed E-state index contributed by atoms with van der Waals surface area (Å²) in [7, 11) is 0. The Morgan fingerprint density at radius 1 is 0.970 bits per heavy atom. The monoisotopic (exact) mass is 488 g/mol. The summed E-state index contributed by atoms with van der Waals surface area (Å²) in [5, 5.41) is 40.3. The molecular formula is C23H27ClF2O7. The first kappa shape index (κ1) is 25.8. The van der Waals surface area contributed by atoms with Gasteiger partial charge in [-0.05, 0) is 41.3 Å². The van der Waals surface area contributed by atoms with Gasteiger partial charge in [0.05, 0.1) is 13.2 Å². The van der Waals surface area contributed by atoms with Gasteiger partial charge in [-0.2, -0.15) is 0 Å². The second kappa shape index (κ2) is 12.0. The van der Waals surface area contributed by atoms with Crippen molar-refractivity contribution < 1.29 is 43.4 Å². The third-order valence-corrected chi connectivity index (χ3v) is 5.72. The van der Waals surface area contributed by atoms with Gasteiger partial charge in [-0.3, -0.25) is 0 Å². The third kappa shape index (κ3) is 6.83. The number of alkyl halides is 2. The van der Waals surface area contributed by atoms with Crippen LogP contribution in [0.4, 0.5) is 8.78 Å². The minimum absolute atomic E-state index is 0.0619. The van der Waals surface area contributed by atoms with Crippen molar-refractivity contribution in [3.05, 3.63) is 64.2 Å². The molecule has 1 fully saturated rings. The van der Waals surface area contributed by atoms with Crippen molar-refractivity contribution in [2.45, 2.75) is 43.4 Å². The summed E-state index contributed by atoms with van der Waals surface area (Å²) in [6.45, 7) is -0.911. The molecule has 3 rings (SSSR count). The summed E-state index contributed by atoms with van der Waals surface area (Å²) < 4.78 is 39.9. The van der Waals surface area contributed by atoms with Gasteiger partial charge in [-0.1, -0.05) is 35.9 Å². The highest BCUT2D eigenvalue weighted by atomic mass is 35.5. The van der Waals surface area contributed by atoms with Crippen LogP contribution in [-0.4, -0.2) is 77.7 Å². The lowest BCUT2D eigenvalue weighted by molar-refractivity contribution is -0.231. The number of benzene rings is 2. The average Bonchev–Trinajstić information content (AvgIpc) is 2.80. The van der Waals surface area contributed by atoms with Crippen LogP contribution >= 0.6 is 11.6 Å². The Hall–Kier alpha value is -1.85. The molecule has 0 aliphatic carbocycles. The molecule has 10 heteroatoms. The van der Waals surface area contributed by atoms with Gasteiger partial charge in [0, 0.05) is 5.02 Å². The first-order chi connectivity index (χ1) is 15.8. The van der Waals surface area contributed by atoms with E-state index < -0.39 is 50.2 Å². The van der Waals surface area contributed by atoms with E-state index in [0.29, 0.717) is 22.8 Å². The van der Waals surface area contributed by atoms with Crippen LogP contribution in [0, 0.1) is 0 Å². The van der Waals surface area contributed by atoms with E-state index in [-0.39, 0.29) is 13.2 Å². The predicted octanol–water partition coefficient (Wildman–Crippen LogP) is 2.11. The fourth-order valence-corrected chi connectivity index (χ4v) is 3.78. The molecule has 1 heterocycles. The molecule has 2 unspecified atom stereocenters. The Morgan fingerprint density at radius 2 is 1.70 bits per heavy atom. The van der Waals surface area contributed by atoms with E-state index in [1.165, 1.54) is 0 Å². The molecule has 0 saturated carbocycles. The minimum Gasteiger partial charge on any atom is -0.491 e. The average molecular weight is 489 g/mol. The number of aliphatic hydroxyl groups excluding tert-OH is 4. The van der Waals surface area contributed by atoms with Gasteiger partial charge in [0.2, 0.25) is 0 Å². The first-order valence-corrected chi connectivity index (χ1v) is 10.8. The van der Waals surface area contributed by atoms with Crippen LogP contribution in [0.15, 0.2) is 42.5 Å². The number of hydrogen-bond donors (Lipinski definition) is 4. The molecule has 0 bridgehead atoms. The lowest BCUT2D eigenvalue weighted by Gasteiger charge is -2.40. The van der Waals surface area contributed by atoms with Crippen molar-refractivity contribution in [1.82, 2.24) is 0 Å². The van der Waals surface area contributed by atoms with Crippen LogP contribution in [0.3, 0.4) is 0 Å². The Kier molecular flexibility index (Phi) is 9.39. The van der Waals surface area contributed by atoms with Gasteiger partial charge in [0.25, 0.3) is 6.43 Å². The highest BCUT2D eigenvalue weighted by Crippen LogP contribution is 2.34. The van der Waals surface area contributed by atoms with Crippen LogP contribution in [0.1, 0.15) is 22.8 Å². The van der Waals surface area contributed by atoms with Crippen LogP contribution in [0.5, 0.6) is 5.75 Å². The molecule has 1 aliphatic rings. The van der Waals surface area contributed by atoms with Crippen molar-refractivity contribution >= 4 is 11.6 Å². The predicted molar refractivity (Wildman–Crippen MR) is 116 cm³/mol. The summed E-state index contributed by atoms with van der Waals surface area (Å²) in [6, 6.07) is 12.2. The molecule has 4 N–H and O–H groups in total. The van der Waals surface area contributed by atoms with Gasteiger partial charge in [-0.25, -0.2) is 8.78 Å². The quantitative estimate of drug-likeness (QED) is 0.379. The summed E-state index contributed by atoms with van der Waals surface area (Å²) in [5.74, 6) is 0.570. The van der Waals surface area contributed by atoms with E-state index in [0.717, 1.165) is 11.1 Å². The van der Waals surface area contributed by atoms with Crippen molar-refractivity contribution in [2.24, 2.45) is 0 Å². The van der Waals surface area contributed by atoms with Crippen molar-refractivity contribution in [3.8, 4) is 5.75 Å². The zero-order valence-corrected chi connectivity index (χ0v) is 18.4. The highest BCUT2D eigenvalue weighted by molar-refractivity contribution is 6.31. The molecule has 7 nitrogen and oxygen atoms in total. The highest BCUT2D eigenvalue weighted by Gasteiger charge is 2.44. The SMILES string of the molecule is OCC1O[C@@H](c2ccc(Cl)c(Cc3ccc(OCCOCC(F)F)cc3)c2)[C@H](O)C(O)[C@@H]1O. The van der Waals surface area contributed by atoms with Crippen molar-refractivity contribution in [3.63, 3.8) is 0 Å². The summed E-state index contributed by atoms with van der Waals surface area (Å²) in [6.07, 6.45) is -8.26. The molecule has 33 heavy (non-hydrogen) atoms. The van der Waals surface area contributed by atoms with Crippen molar-refractivity contribution in [1.29, 1.82) is 0 Å².